The molecule has 1 aromatic heterocycles. The van der Waals surface area contributed by atoms with Crippen molar-refractivity contribution in [2.45, 2.75) is 44.6 Å². The second-order valence-corrected chi connectivity index (χ2v) is 5.17. The molecule has 0 saturated heterocycles. The number of fused-ring (bicyclic) bond motifs is 1. The monoisotopic (exact) mass is 231 g/mol. The third-order valence-corrected chi connectivity index (χ3v) is 4.36. The fourth-order valence-corrected chi connectivity index (χ4v) is 3.32. The van der Waals surface area contributed by atoms with Crippen LogP contribution < -0.4 is 0 Å². The van der Waals surface area contributed by atoms with Gasteiger partial charge in [0.2, 0.25) is 0 Å². The first kappa shape index (κ1) is 10.8. The highest BCUT2D eigenvalue weighted by atomic mass is 19.1. The summed E-state index contributed by atoms with van der Waals surface area (Å²) >= 11 is 0. The molecule has 0 radical (unpaired) electrons. The lowest BCUT2D eigenvalue weighted by atomic mass is 9.93. The van der Waals surface area contributed by atoms with E-state index in [9.17, 15) is 4.39 Å². The highest BCUT2D eigenvalue weighted by Crippen LogP contribution is 2.41. The molecule has 2 heteroatoms. The van der Waals surface area contributed by atoms with Crippen molar-refractivity contribution in [2.24, 2.45) is 0 Å². The van der Waals surface area contributed by atoms with Gasteiger partial charge in [0.05, 0.1) is 0 Å². The summed E-state index contributed by atoms with van der Waals surface area (Å²) in [5.74, 6) is -0.146. The van der Waals surface area contributed by atoms with Crippen molar-refractivity contribution < 1.29 is 4.39 Å². The molecule has 1 saturated carbocycles. The molecule has 1 heterocycles. The van der Waals surface area contributed by atoms with E-state index in [1.54, 1.807) is 12.1 Å². The molecule has 0 aliphatic heterocycles. The van der Waals surface area contributed by atoms with E-state index < -0.39 is 0 Å². The summed E-state index contributed by atoms with van der Waals surface area (Å²) in [6, 6.07) is 7.15. The van der Waals surface area contributed by atoms with E-state index in [0.29, 0.717) is 0 Å². The van der Waals surface area contributed by atoms with E-state index in [0.717, 1.165) is 11.8 Å². The standard InChI is InChI=1S/C15H18FN/c1-2-15(8-3-4-9-15)17-10-7-12-11-13(16)5-6-14(12)17/h5-7,10-11H,2-4,8-9H2,1H3. The summed E-state index contributed by atoms with van der Waals surface area (Å²) in [5.41, 5.74) is 1.45. The van der Waals surface area contributed by atoms with Gasteiger partial charge >= 0.3 is 0 Å². The topological polar surface area (TPSA) is 4.93 Å². The predicted octanol–water partition coefficient (Wildman–Crippen LogP) is 4.46. The number of hydrogen-bond donors (Lipinski definition) is 0. The van der Waals surface area contributed by atoms with Crippen LogP contribution in [0.15, 0.2) is 30.5 Å². The van der Waals surface area contributed by atoms with Crippen LogP contribution in [0.5, 0.6) is 0 Å². The second-order valence-electron chi connectivity index (χ2n) is 5.17. The zero-order valence-corrected chi connectivity index (χ0v) is 10.2. The van der Waals surface area contributed by atoms with Crippen LogP contribution >= 0.6 is 0 Å². The quantitative estimate of drug-likeness (QED) is 0.719. The normalized spacial score (nSPS) is 18.9. The molecule has 1 aliphatic carbocycles. The van der Waals surface area contributed by atoms with Crippen molar-refractivity contribution in [1.82, 2.24) is 4.57 Å². The van der Waals surface area contributed by atoms with Gasteiger partial charge < -0.3 is 4.57 Å². The Bertz CT molecular complexity index is 535. The van der Waals surface area contributed by atoms with E-state index in [1.165, 1.54) is 31.2 Å². The fourth-order valence-electron chi connectivity index (χ4n) is 3.32. The first-order valence-electron chi connectivity index (χ1n) is 6.52. The van der Waals surface area contributed by atoms with Gasteiger partial charge in [0.1, 0.15) is 5.82 Å². The third-order valence-electron chi connectivity index (χ3n) is 4.36. The first-order valence-corrected chi connectivity index (χ1v) is 6.52. The van der Waals surface area contributed by atoms with Crippen molar-refractivity contribution in [3.8, 4) is 0 Å². The molecule has 0 unspecified atom stereocenters. The van der Waals surface area contributed by atoms with Crippen LogP contribution in [0.25, 0.3) is 10.9 Å². The molecule has 17 heavy (non-hydrogen) atoms. The zero-order chi connectivity index (χ0) is 11.9. The van der Waals surface area contributed by atoms with Crippen LogP contribution in [0.1, 0.15) is 39.0 Å². The van der Waals surface area contributed by atoms with Crippen LogP contribution in [0.3, 0.4) is 0 Å². The second kappa shape index (κ2) is 3.86. The number of nitrogens with zero attached hydrogens (tertiary/aromatic N) is 1. The maximum Gasteiger partial charge on any atom is 0.123 e. The summed E-state index contributed by atoms with van der Waals surface area (Å²) in [7, 11) is 0. The maximum absolute atomic E-state index is 13.2. The van der Waals surface area contributed by atoms with Gasteiger partial charge in [-0.1, -0.05) is 19.8 Å². The van der Waals surface area contributed by atoms with E-state index >= 15 is 0 Å². The Labute approximate surface area is 101 Å². The maximum atomic E-state index is 13.2. The van der Waals surface area contributed by atoms with Gasteiger partial charge in [0.15, 0.2) is 0 Å². The van der Waals surface area contributed by atoms with Gasteiger partial charge in [-0.2, -0.15) is 0 Å². The molecule has 0 N–H and O–H groups in total. The van der Waals surface area contributed by atoms with Crippen molar-refractivity contribution in [3.63, 3.8) is 0 Å². The Hall–Kier alpha value is -1.31. The first-order chi connectivity index (χ1) is 8.25. The fraction of sp³-hybridized carbons (Fsp3) is 0.467. The Morgan fingerprint density at radius 2 is 2.00 bits per heavy atom. The average Bonchev–Trinajstić information content (AvgIpc) is 2.94. The van der Waals surface area contributed by atoms with Crippen LogP contribution in [-0.2, 0) is 5.54 Å². The Morgan fingerprint density at radius 3 is 2.71 bits per heavy atom. The summed E-state index contributed by atoms with van der Waals surface area (Å²) in [5, 5.41) is 1.02. The van der Waals surface area contributed by atoms with Gasteiger partial charge in [-0.05, 0) is 43.5 Å². The number of hydrogen-bond acceptors (Lipinski definition) is 0. The minimum atomic E-state index is -0.146. The summed E-state index contributed by atoms with van der Waals surface area (Å²) in [6.07, 6.45) is 8.44. The summed E-state index contributed by atoms with van der Waals surface area (Å²) in [4.78, 5) is 0. The lowest BCUT2D eigenvalue weighted by molar-refractivity contribution is 0.291. The molecule has 1 aromatic carbocycles. The summed E-state index contributed by atoms with van der Waals surface area (Å²) < 4.78 is 15.6. The highest BCUT2D eigenvalue weighted by molar-refractivity contribution is 5.80. The molecule has 0 bridgehead atoms. The van der Waals surface area contributed by atoms with Crippen molar-refractivity contribution in [3.05, 3.63) is 36.3 Å². The number of halogens is 1. The minimum Gasteiger partial charge on any atom is -0.341 e. The van der Waals surface area contributed by atoms with Gasteiger partial charge in [0, 0.05) is 22.6 Å². The van der Waals surface area contributed by atoms with E-state index in [1.807, 2.05) is 12.1 Å². The number of rotatable bonds is 2. The zero-order valence-electron chi connectivity index (χ0n) is 10.2. The largest absolute Gasteiger partial charge is 0.341 e. The smallest absolute Gasteiger partial charge is 0.123 e. The number of benzene rings is 1. The SMILES string of the molecule is CCC1(n2ccc3cc(F)ccc32)CCCC1. The molecule has 90 valence electrons. The molecular weight excluding hydrogens is 213 g/mol. The van der Waals surface area contributed by atoms with Gasteiger partial charge in [0.25, 0.3) is 0 Å². The molecule has 1 fully saturated rings. The minimum absolute atomic E-state index is 0.146. The van der Waals surface area contributed by atoms with Gasteiger partial charge in [-0.15, -0.1) is 0 Å². The molecule has 0 atom stereocenters. The van der Waals surface area contributed by atoms with Crippen LogP contribution in [0.2, 0.25) is 0 Å². The summed E-state index contributed by atoms with van der Waals surface area (Å²) in [6.45, 7) is 2.26. The van der Waals surface area contributed by atoms with Crippen LogP contribution in [0, 0.1) is 5.82 Å². The third kappa shape index (κ3) is 1.58. The molecule has 1 aliphatic rings. The molecule has 0 spiro atoms. The Morgan fingerprint density at radius 1 is 1.24 bits per heavy atom. The molecule has 0 amide bonds. The molecule has 2 aromatic rings. The molecular formula is C15H18FN. The van der Waals surface area contributed by atoms with E-state index in [2.05, 4.69) is 17.7 Å². The van der Waals surface area contributed by atoms with Crippen molar-refractivity contribution >= 4 is 10.9 Å². The van der Waals surface area contributed by atoms with Crippen LogP contribution in [0.4, 0.5) is 4.39 Å². The highest BCUT2D eigenvalue weighted by Gasteiger charge is 2.34. The van der Waals surface area contributed by atoms with Crippen LogP contribution in [-0.4, -0.2) is 4.57 Å². The van der Waals surface area contributed by atoms with Crippen molar-refractivity contribution in [1.29, 1.82) is 0 Å². The Kier molecular flexibility index (Phi) is 2.46. The van der Waals surface area contributed by atoms with E-state index in [4.69, 9.17) is 0 Å². The lowest BCUT2D eigenvalue weighted by Crippen LogP contribution is -2.28. The number of aromatic nitrogens is 1. The average molecular weight is 231 g/mol. The molecule has 3 rings (SSSR count). The van der Waals surface area contributed by atoms with Gasteiger partial charge in [-0.3, -0.25) is 0 Å². The predicted molar refractivity (Wildman–Crippen MR) is 68.6 cm³/mol. The van der Waals surface area contributed by atoms with Crippen molar-refractivity contribution in [2.75, 3.05) is 0 Å². The molecule has 1 nitrogen and oxygen atoms in total. The van der Waals surface area contributed by atoms with E-state index in [-0.39, 0.29) is 11.4 Å². The lowest BCUT2D eigenvalue weighted by Gasteiger charge is -2.31. The van der Waals surface area contributed by atoms with Gasteiger partial charge in [-0.25, -0.2) is 4.39 Å². The Balaban J connectivity index is 2.17.